The summed E-state index contributed by atoms with van der Waals surface area (Å²) in [7, 11) is 0. The summed E-state index contributed by atoms with van der Waals surface area (Å²) in [6.07, 6.45) is 0. The molecule has 1 amide bonds. The molecule has 0 rings (SSSR count). The molecule has 0 unspecified atom stereocenters. The van der Waals surface area contributed by atoms with Crippen molar-refractivity contribution in [2.24, 2.45) is 5.73 Å². The number of primary amides is 1. The van der Waals surface area contributed by atoms with Crippen molar-refractivity contribution in [2.45, 2.75) is 6.92 Å². The zero-order chi connectivity index (χ0) is 3.58. The van der Waals surface area contributed by atoms with Crippen LogP contribution in [0.15, 0.2) is 0 Å². The van der Waals surface area contributed by atoms with Gasteiger partial charge in [0.15, 0.2) is 0 Å². The molecular weight excluding hydrogens is 191 g/mol. The van der Waals surface area contributed by atoms with Crippen molar-refractivity contribution < 1.29 is 4.79 Å². The fourth-order valence-corrected chi connectivity index (χ4v) is 0. The second-order valence-corrected chi connectivity index (χ2v) is 0.611. The van der Waals surface area contributed by atoms with Crippen molar-refractivity contribution in [3.8, 4) is 0 Å². The van der Waals surface area contributed by atoms with Gasteiger partial charge >= 0.3 is 0 Å². The van der Waals surface area contributed by atoms with E-state index in [-0.39, 0.29) is 54.8 Å². The van der Waals surface area contributed by atoms with Crippen LogP contribution in [0.2, 0.25) is 0 Å². The van der Waals surface area contributed by atoms with Gasteiger partial charge in [-0.15, -0.1) is 0 Å². The molecule has 0 aliphatic carbocycles. The normalized spacial score (nSPS) is 5.00. The summed E-state index contributed by atoms with van der Waals surface area (Å²) in [5, 5.41) is 0. The number of hydrogen-bond donors (Lipinski definition) is 1. The van der Waals surface area contributed by atoms with Crippen LogP contribution in [0.4, 0.5) is 0 Å². The van der Waals surface area contributed by atoms with Crippen LogP contribution >= 0.6 is 0 Å². The molecule has 3 heteroatoms. The number of amides is 1. The summed E-state index contributed by atoms with van der Waals surface area (Å²) in [4.78, 5) is 9.22. The zero-order valence-electron chi connectivity index (χ0n) is 3.19. The van der Waals surface area contributed by atoms with Gasteiger partial charge in [0.1, 0.15) is 0 Å². The van der Waals surface area contributed by atoms with Gasteiger partial charge in [0.05, 0.1) is 0 Å². The van der Waals surface area contributed by atoms with Gasteiger partial charge in [0.2, 0.25) is 5.91 Å². The van der Waals surface area contributed by atoms with Crippen molar-refractivity contribution >= 4 is 54.8 Å². The van der Waals surface area contributed by atoms with E-state index in [1.807, 2.05) is 0 Å². The first kappa shape index (κ1) is 9.40. The summed E-state index contributed by atoms with van der Waals surface area (Å²) in [6.45, 7) is 1.31. The van der Waals surface area contributed by atoms with Gasteiger partial charge < -0.3 is 5.73 Å². The Morgan fingerprint density at radius 2 is 1.80 bits per heavy atom. The number of rotatable bonds is 0. The Hall–Kier alpha value is 1.04. The van der Waals surface area contributed by atoms with Gasteiger partial charge in [-0.3, -0.25) is 4.79 Å². The Balaban J connectivity index is 0. The van der Waals surface area contributed by atoms with Crippen molar-refractivity contribution in [3.63, 3.8) is 0 Å². The summed E-state index contributed by atoms with van der Waals surface area (Å²) in [5.74, 6) is -0.333. The van der Waals surface area contributed by atoms with Crippen LogP contribution in [0.5, 0.6) is 0 Å². The second kappa shape index (κ2) is 5.04. The SMILES string of the molecule is CC(N)=O.[Ba]. The Morgan fingerprint density at radius 1 is 1.80 bits per heavy atom. The van der Waals surface area contributed by atoms with Crippen molar-refractivity contribution in [3.05, 3.63) is 0 Å². The minimum Gasteiger partial charge on any atom is -0.370 e. The van der Waals surface area contributed by atoms with E-state index in [0.717, 1.165) is 0 Å². The average molecular weight is 196 g/mol. The van der Waals surface area contributed by atoms with Crippen LogP contribution < -0.4 is 5.73 Å². The standard InChI is InChI=1S/C2H5NO.Ba/c1-2(3)4;/h1H3,(H2,3,4);. The maximum atomic E-state index is 9.22. The zero-order valence-corrected chi connectivity index (χ0v) is 7.63. The number of hydrogen-bond acceptors (Lipinski definition) is 1. The molecule has 0 aromatic rings. The van der Waals surface area contributed by atoms with Crippen LogP contribution in [0.3, 0.4) is 0 Å². The minimum absolute atomic E-state index is 0. The predicted octanol–water partition coefficient (Wildman–Crippen LogP) is -0.889. The molecule has 0 bridgehead atoms. The molecular formula is C2H5BaNO. The quantitative estimate of drug-likeness (QED) is 0.502. The molecule has 2 N–H and O–H groups in total. The largest absolute Gasteiger partial charge is 0.370 e. The van der Waals surface area contributed by atoms with Crippen LogP contribution in [0.1, 0.15) is 6.92 Å². The van der Waals surface area contributed by atoms with Gasteiger partial charge in [-0.05, 0) is 0 Å². The van der Waals surface area contributed by atoms with Crippen molar-refractivity contribution in [1.29, 1.82) is 0 Å². The third-order valence-electron chi connectivity index (χ3n) is 0. The van der Waals surface area contributed by atoms with E-state index in [1.165, 1.54) is 6.92 Å². The average Bonchev–Trinajstić information content (AvgIpc) is 0.811. The molecule has 0 spiro atoms. The molecule has 26 valence electrons. The van der Waals surface area contributed by atoms with Crippen molar-refractivity contribution in [1.82, 2.24) is 0 Å². The summed E-state index contributed by atoms with van der Waals surface area (Å²) < 4.78 is 0. The van der Waals surface area contributed by atoms with Gasteiger partial charge in [-0.2, -0.15) is 0 Å². The van der Waals surface area contributed by atoms with E-state index < -0.39 is 0 Å². The third-order valence-corrected chi connectivity index (χ3v) is 0. The summed E-state index contributed by atoms with van der Waals surface area (Å²) >= 11 is 0. The summed E-state index contributed by atoms with van der Waals surface area (Å²) in [6, 6.07) is 0. The molecule has 0 aromatic heterocycles. The molecule has 0 saturated carbocycles. The van der Waals surface area contributed by atoms with E-state index in [4.69, 9.17) is 0 Å². The third kappa shape index (κ3) is 43.0. The van der Waals surface area contributed by atoms with Crippen LogP contribution in [-0.2, 0) is 4.79 Å². The van der Waals surface area contributed by atoms with Gasteiger partial charge in [-0.25, -0.2) is 0 Å². The van der Waals surface area contributed by atoms with Gasteiger partial charge in [-0.1, -0.05) is 0 Å². The topological polar surface area (TPSA) is 43.1 Å². The van der Waals surface area contributed by atoms with E-state index in [1.54, 1.807) is 0 Å². The van der Waals surface area contributed by atoms with E-state index in [0.29, 0.717) is 0 Å². The molecule has 2 nitrogen and oxygen atoms in total. The Bertz CT molecular complexity index is 32.6. The molecule has 0 atom stereocenters. The monoisotopic (exact) mass is 197 g/mol. The first-order valence-corrected chi connectivity index (χ1v) is 0.993. The maximum absolute atomic E-state index is 9.22. The molecule has 0 aliphatic rings. The van der Waals surface area contributed by atoms with Gasteiger partial charge in [0.25, 0.3) is 0 Å². The summed E-state index contributed by atoms with van der Waals surface area (Å²) in [5.41, 5.74) is 4.47. The van der Waals surface area contributed by atoms with Gasteiger partial charge in [0, 0.05) is 55.8 Å². The molecule has 0 saturated heterocycles. The molecule has 0 aliphatic heterocycles. The van der Waals surface area contributed by atoms with Crippen LogP contribution in [0.25, 0.3) is 0 Å². The predicted molar refractivity (Wildman–Crippen MR) is 20.6 cm³/mol. The molecule has 0 aromatic carbocycles. The molecule has 0 fully saturated rings. The first-order chi connectivity index (χ1) is 1.73. The van der Waals surface area contributed by atoms with Crippen LogP contribution in [-0.4, -0.2) is 54.8 Å². The van der Waals surface area contributed by atoms with E-state index in [2.05, 4.69) is 5.73 Å². The maximum Gasteiger partial charge on any atom is 0.214 e. The molecule has 2 radical (unpaired) electrons. The molecule has 0 heterocycles. The molecule has 5 heavy (non-hydrogen) atoms. The Labute approximate surface area is 71.2 Å². The second-order valence-electron chi connectivity index (χ2n) is 0.611. The first-order valence-electron chi connectivity index (χ1n) is 0.993. The fourth-order valence-electron chi connectivity index (χ4n) is 0. The minimum atomic E-state index is -0.333. The smallest absolute Gasteiger partial charge is 0.214 e. The van der Waals surface area contributed by atoms with Crippen LogP contribution in [0, 0.1) is 0 Å². The number of nitrogens with two attached hydrogens (primary N) is 1. The Kier molecular flexibility index (Phi) is 9.48. The number of carbonyl (C=O) groups excluding carboxylic acids is 1. The Morgan fingerprint density at radius 3 is 1.80 bits per heavy atom. The van der Waals surface area contributed by atoms with Crippen molar-refractivity contribution in [2.75, 3.05) is 0 Å². The van der Waals surface area contributed by atoms with E-state index in [9.17, 15) is 4.79 Å². The number of carbonyl (C=O) groups is 1. The fraction of sp³-hybridized carbons (Fsp3) is 0.500. The van der Waals surface area contributed by atoms with E-state index >= 15 is 0 Å².